The minimum atomic E-state index is -0.187. The molecule has 1 saturated carbocycles. The van der Waals surface area contributed by atoms with Crippen molar-refractivity contribution in [2.45, 2.75) is 39.0 Å². The van der Waals surface area contributed by atoms with Crippen molar-refractivity contribution in [3.8, 4) is 0 Å². The minimum absolute atomic E-state index is 0.187. The number of rotatable bonds is 4. The molecule has 0 N–H and O–H groups in total. The maximum absolute atomic E-state index is 10.7. The van der Waals surface area contributed by atoms with Crippen molar-refractivity contribution in [2.75, 3.05) is 6.61 Å². The standard InChI is InChI=1S/C12H20O2/c1-3-11(9-14-10(2)13)12-7-5-4-6-8-12/h3,11-12H,1,4-9H2,2H3. The van der Waals surface area contributed by atoms with Gasteiger partial charge in [0.25, 0.3) is 0 Å². The van der Waals surface area contributed by atoms with Crippen molar-refractivity contribution in [1.82, 2.24) is 0 Å². The Morgan fingerprint density at radius 1 is 1.50 bits per heavy atom. The number of ether oxygens (including phenoxy) is 1. The summed E-state index contributed by atoms with van der Waals surface area (Å²) in [6, 6.07) is 0. The van der Waals surface area contributed by atoms with Gasteiger partial charge in [0.1, 0.15) is 0 Å². The molecule has 14 heavy (non-hydrogen) atoms. The van der Waals surface area contributed by atoms with E-state index in [1.54, 1.807) is 0 Å². The molecule has 1 unspecified atom stereocenters. The first kappa shape index (κ1) is 11.3. The third kappa shape index (κ3) is 3.52. The molecular formula is C12H20O2. The Kier molecular flexibility index (Phi) is 4.71. The second kappa shape index (κ2) is 5.84. The first-order valence-electron chi connectivity index (χ1n) is 5.50. The topological polar surface area (TPSA) is 26.3 Å². The number of carbonyl (C=O) groups is 1. The van der Waals surface area contributed by atoms with Gasteiger partial charge in [0.15, 0.2) is 0 Å². The second-order valence-corrected chi connectivity index (χ2v) is 4.10. The van der Waals surface area contributed by atoms with Gasteiger partial charge in [0.05, 0.1) is 6.61 Å². The van der Waals surface area contributed by atoms with E-state index in [9.17, 15) is 4.79 Å². The van der Waals surface area contributed by atoms with Crippen LogP contribution in [0, 0.1) is 11.8 Å². The lowest BCUT2D eigenvalue weighted by Gasteiger charge is -2.27. The van der Waals surface area contributed by atoms with Gasteiger partial charge in [-0.2, -0.15) is 0 Å². The molecule has 1 aliphatic rings. The summed E-state index contributed by atoms with van der Waals surface area (Å²) >= 11 is 0. The highest BCUT2D eigenvalue weighted by atomic mass is 16.5. The molecule has 0 aromatic carbocycles. The molecule has 0 aliphatic heterocycles. The second-order valence-electron chi connectivity index (χ2n) is 4.10. The Labute approximate surface area is 86.3 Å². The normalized spacial score (nSPS) is 20.1. The summed E-state index contributed by atoms with van der Waals surface area (Å²) in [5.41, 5.74) is 0. The van der Waals surface area contributed by atoms with Crippen LogP contribution in [0.15, 0.2) is 12.7 Å². The lowest BCUT2D eigenvalue weighted by molar-refractivity contribution is -0.142. The van der Waals surface area contributed by atoms with Gasteiger partial charge in [-0.3, -0.25) is 4.79 Å². The first-order valence-corrected chi connectivity index (χ1v) is 5.50. The molecule has 0 saturated heterocycles. The number of esters is 1. The minimum Gasteiger partial charge on any atom is -0.465 e. The first-order chi connectivity index (χ1) is 6.74. The summed E-state index contributed by atoms with van der Waals surface area (Å²) in [5, 5.41) is 0. The van der Waals surface area contributed by atoms with Crippen molar-refractivity contribution < 1.29 is 9.53 Å². The predicted octanol–water partition coefficient (Wildman–Crippen LogP) is 2.93. The Bertz CT molecular complexity index is 192. The van der Waals surface area contributed by atoms with Crippen molar-refractivity contribution in [1.29, 1.82) is 0 Å². The summed E-state index contributed by atoms with van der Waals surface area (Å²) in [4.78, 5) is 10.7. The van der Waals surface area contributed by atoms with E-state index in [0.29, 0.717) is 18.4 Å². The van der Waals surface area contributed by atoms with Gasteiger partial charge >= 0.3 is 5.97 Å². The Morgan fingerprint density at radius 3 is 2.64 bits per heavy atom. The zero-order chi connectivity index (χ0) is 10.4. The van der Waals surface area contributed by atoms with Crippen LogP contribution in [0.5, 0.6) is 0 Å². The summed E-state index contributed by atoms with van der Waals surface area (Å²) in [6.45, 7) is 5.80. The van der Waals surface area contributed by atoms with Crippen LogP contribution in [0.25, 0.3) is 0 Å². The highest BCUT2D eigenvalue weighted by Gasteiger charge is 2.21. The lowest BCUT2D eigenvalue weighted by Crippen LogP contribution is -2.21. The largest absolute Gasteiger partial charge is 0.465 e. The van der Waals surface area contributed by atoms with E-state index in [2.05, 4.69) is 6.58 Å². The molecule has 2 nitrogen and oxygen atoms in total. The van der Waals surface area contributed by atoms with Gasteiger partial charge in [0, 0.05) is 12.8 Å². The van der Waals surface area contributed by atoms with Crippen LogP contribution in [0.3, 0.4) is 0 Å². The molecule has 1 aliphatic carbocycles. The number of hydrogen-bond donors (Lipinski definition) is 0. The average molecular weight is 196 g/mol. The van der Waals surface area contributed by atoms with Gasteiger partial charge in [-0.1, -0.05) is 25.3 Å². The van der Waals surface area contributed by atoms with Crippen molar-refractivity contribution in [2.24, 2.45) is 11.8 Å². The van der Waals surface area contributed by atoms with E-state index in [1.807, 2.05) is 6.08 Å². The zero-order valence-corrected chi connectivity index (χ0v) is 9.00. The summed E-state index contributed by atoms with van der Waals surface area (Å²) in [5.74, 6) is 0.854. The molecule has 1 atom stereocenters. The molecule has 80 valence electrons. The van der Waals surface area contributed by atoms with Crippen LogP contribution in [-0.4, -0.2) is 12.6 Å². The molecule has 2 heteroatoms. The average Bonchev–Trinajstić information content (AvgIpc) is 2.20. The van der Waals surface area contributed by atoms with E-state index >= 15 is 0 Å². The van der Waals surface area contributed by atoms with Gasteiger partial charge in [-0.25, -0.2) is 0 Å². The third-order valence-corrected chi connectivity index (χ3v) is 3.04. The fourth-order valence-electron chi connectivity index (χ4n) is 2.17. The predicted molar refractivity (Wildman–Crippen MR) is 56.9 cm³/mol. The molecular weight excluding hydrogens is 176 g/mol. The highest BCUT2D eigenvalue weighted by Crippen LogP contribution is 2.30. The Hall–Kier alpha value is -0.790. The molecule has 0 heterocycles. The van der Waals surface area contributed by atoms with Crippen molar-refractivity contribution >= 4 is 5.97 Å². The molecule has 0 radical (unpaired) electrons. The van der Waals surface area contributed by atoms with Gasteiger partial charge in [0.2, 0.25) is 0 Å². The number of carbonyl (C=O) groups excluding carboxylic acids is 1. The van der Waals surface area contributed by atoms with E-state index in [-0.39, 0.29) is 5.97 Å². The Morgan fingerprint density at radius 2 is 2.14 bits per heavy atom. The third-order valence-electron chi connectivity index (χ3n) is 3.04. The molecule has 0 spiro atoms. The summed E-state index contributed by atoms with van der Waals surface area (Å²) < 4.78 is 5.04. The van der Waals surface area contributed by atoms with Crippen LogP contribution in [0.4, 0.5) is 0 Å². The monoisotopic (exact) mass is 196 g/mol. The molecule has 0 aromatic rings. The van der Waals surface area contributed by atoms with Gasteiger partial charge in [-0.05, 0) is 18.8 Å². The quantitative estimate of drug-likeness (QED) is 0.510. The highest BCUT2D eigenvalue weighted by molar-refractivity contribution is 5.65. The van der Waals surface area contributed by atoms with E-state index < -0.39 is 0 Å². The van der Waals surface area contributed by atoms with Crippen molar-refractivity contribution in [3.63, 3.8) is 0 Å². The fourth-order valence-corrected chi connectivity index (χ4v) is 2.17. The van der Waals surface area contributed by atoms with Crippen LogP contribution in [0.1, 0.15) is 39.0 Å². The molecule has 0 aromatic heterocycles. The van der Waals surface area contributed by atoms with Crippen LogP contribution >= 0.6 is 0 Å². The lowest BCUT2D eigenvalue weighted by atomic mass is 9.80. The summed E-state index contributed by atoms with van der Waals surface area (Å²) in [6.07, 6.45) is 8.45. The molecule has 1 rings (SSSR count). The van der Waals surface area contributed by atoms with Crippen LogP contribution in [0.2, 0.25) is 0 Å². The molecule has 0 amide bonds. The maximum atomic E-state index is 10.7. The van der Waals surface area contributed by atoms with E-state index in [1.165, 1.54) is 39.0 Å². The Balaban J connectivity index is 2.35. The van der Waals surface area contributed by atoms with E-state index in [4.69, 9.17) is 4.74 Å². The van der Waals surface area contributed by atoms with E-state index in [0.717, 1.165) is 0 Å². The van der Waals surface area contributed by atoms with Gasteiger partial charge in [-0.15, -0.1) is 6.58 Å². The van der Waals surface area contributed by atoms with Crippen LogP contribution < -0.4 is 0 Å². The maximum Gasteiger partial charge on any atom is 0.302 e. The zero-order valence-electron chi connectivity index (χ0n) is 9.00. The van der Waals surface area contributed by atoms with Crippen molar-refractivity contribution in [3.05, 3.63) is 12.7 Å². The van der Waals surface area contributed by atoms with Crippen LogP contribution in [-0.2, 0) is 9.53 Å². The summed E-state index contributed by atoms with van der Waals surface area (Å²) in [7, 11) is 0. The smallest absolute Gasteiger partial charge is 0.302 e. The van der Waals surface area contributed by atoms with Gasteiger partial charge < -0.3 is 4.74 Å². The SMILES string of the molecule is C=CC(COC(C)=O)C1CCCCC1. The molecule has 0 bridgehead atoms. The molecule has 1 fully saturated rings. The fraction of sp³-hybridized carbons (Fsp3) is 0.750. The number of hydrogen-bond acceptors (Lipinski definition) is 2.